The number of carboxylic acid groups (broad SMARTS) is 1. The van der Waals surface area contributed by atoms with Gasteiger partial charge in [0, 0.05) is 19.5 Å². The number of ether oxygens (including phenoxy) is 1. The van der Waals surface area contributed by atoms with Crippen molar-refractivity contribution in [2.75, 3.05) is 13.2 Å². The first kappa shape index (κ1) is 14.1. The lowest BCUT2D eigenvalue weighted by Gasteiger charge is -2.24. The van der Waals surface area contributed by atoms with Crippen LogP contribution in [0, 0.1) is 5.92 Å². The molecule has 0 aromatic carbocycles. The largest absolute Gasteiger partial charge is 0.477 e. The molecule has 0 bridgehead atoms. The molecule has 7 heteroatoms. The summed E-state index contributed by atoms with van der Waals surface area (Å²) in [4.78, 5) is 26.4. The van der Waals surface area contributed by atoms with Gasteiger partial charge in [0.2, 0.25) is 0 Å². The Kier molecular flexibility index (Phi) is 4.39. The summed E-state index contributed by atoms with van der Waals surface area (Å²) in [6.45, 7) is 4.74. The Morgan fingerprint density at radius 1 is 1.65 bits per heavy atom. The molecular weight excluding hydrogens is 262 g/mol. The van der Waals surface area contributed by atoms with Crippen LogP contribution in [0.15, 0.2) is 18.9 Å². The van der Waals surface area contributed by atoms with Gasteiger partial charge in [0.05, 0.1) is 6.20 Å². The Morgan fingerprint density at radius 3 is 3.15 bits per heavy atom. The van der Waals surface area contributed by atoms with E-state index in [9.17, 15) is 9.59 Å². The molecule has 1 atom stereocenters. The normalized spacial score (nSPS) is 17.1. The Balaban J connectivity index is 1.87. The Morgan fingerprint density at radius 2 is 2.45 bits per heavy atom. The fraction of sp³-hybridized carbons (Fsp3) is 0.462. The Labute approximate surface area is 116 Å². The molecule has 1 amide bonds. The first-order valence-corrected chi connectivity index (χ1v) is 6.41. The molecule has 2 rings (SSSR count). The monoisotopic (exact) mass is 279 g/mol. The van der Waals surface area contributed by atoms with Crippen LogP contribution in [0.5, 0.6) is 0 Å². The number of rotatable bonds is 5. The van der Waals surface area contributed by atoms with Crippen molar-refractivity contribution in [2.45, 2.75) is 19.4 Å². The number of carbonyl (C=O) groups excluding carboxylic acids is 1. The SMILES string of the molecule is C=CCOC(=O)NCC1CCn2c(C(=O)O)cnc2C1. The number of carbonyl (C=O) groups is 2. The molecule has 2 heterocycles. The number of nitrogens with one attached hydrogen (secondary N) is 1. The van der Waals surface area contributed by atoms with Gasteiger partial charge in [0.25, 0.3) is 0 Å². The zero-order chi connectivity index (χ0) is 14.5. The Hall–Kier alpha value is -2.31. The van der Waals surface area contributed by atoms with Crippen LogP contribution in [0.4, 0.5) is 4.79 Å². The maximum Gasteiger partial charge on any atom is 0.407 e. The number of nitrogens with zero attached hydrogens (tertiary/aromatic N) is 2. The third-order valence-corrected chi connectivity index (χ3v) is 3.26. The van der Waals surface area contributed by atoms with Crippen LogP contribution < -0.4 is 5.32 Å². The number of hydrogen-bond acceptors (Lipinski definition) is 4. The standard InChI is InChI=1S/C13H17N3O4/c1-2-5-20-13(19)15-7-9-3-4-16-10(12(17)18)8-14-11(16)6-9/h2,8-9H,1,3-7H2,(H,15,19)(H,17,18). The smallest absolute Gasteiger partial charge is 0.407 e. The minimum atomic E-state index is -0.965. The highest BCUT2D eigenvalue weighted by molar-refractivity contribution is 5.85. The van der Waals surface area contributed by atoms with Crippen molar-refractivity contribution in [3.63, 3.8) is 0 Å². The van der Waals surface area contributed by atoms with E-state index in [-0.39, 0.29) is 18.2 Å². The second kappa shape index (κ2) is 6.23. The number of hydrogen-bond donors (Lipinski definition) is 2. The molecule has 1 unspecified atom stereocenters. The molecule has 20 heavy (non-hydrogen) atoms. The minimum Gasteiger partial charge on any atom is -0.477 e. The Bertz CT molecular complexity index is 524. The zero-order valence-electron chi connectivity index (χ0n) is 11.0. The summed E-state index contributed by atoms with van der Waals surface area (Å²) in [5.74, 6) is 0.0241. The fourth-order valence-corrected chi connectivity index (χ4v) is 2.26. The number of aromatic nitrogens is 2. The van der Waals surface area contributed by atoms with E-state index in [4.69, 9.17) is 9.84 Å². The van der Waals surface area contributed by atoms with E-state index in [2.05, 4.69) is 16.9 Å². The quantitative estimate of drug-likeness (QED) is 0.786. The van der Waals surface area contributed by atoms with E-state index in [0.717, 1.165) is 12.2 Å². The average Bonchev–Trinajstić information content (AvgIpc) is 2.86. The van der Waals surface area contributed by atoms with Crippen molar-refractivity contribution in [3.05, 3.63) is 30.4 Å². The maximum atomic E-state index is 11.3. The van der Waals surface area contributed by atoms with Gasteiger partial charge in [-0.2, -0.15) is 0 Å². The number of imidazole rings is 1. The summed E-state index contributed by atoms with van der Waals surface area (Å²) in [7, 11) is 0. The molecule has 0 radical (unpaired) electrons. The molecule has 0 aliphatic carbocycles. The summed E-state index contributed by atoms with van der Waals surface area (Å²) in [6, 6.07) is 0. The van der Waals surface area contributed by atoms with Crippen molar-refractivity contribution in [1.82, 2.24) is 14.9 Å². The van der Waals surface area contributed by atoms with Crippen LogP contribution in [0.3, 0.4) is 0 Å². The van der Waals surface area contributed by atoms with E-state index in [1.807, 2.05) is 0 Å². The van der Waals surface area contributed by atoms with Gasteiger partial charge >= 0.3 is 12.1 Å². The highest BCUT2D eigenvalue weighted by atomic mass is 16.5. The summed E-state index contributed by atoms with van der Waals surface area (Å²) >= 11 is 0. The molecule has 0 saturated heterocycles. The van der Waals surface area contributed by atoms with Gasteiger partial charge in [-0.05, 0) is 12.3 Å². The van der Waals surface area contributed by atoms with Crippen LogP contribution in [0.25, 0.3) is 0 Å². The first-order valence-electron chi connectivity index (χ1n) is 6.41. The van der Waals surface area contributed by atoms with Crippen molar-refractivity contribution in [3.8, 4) is 0 Å². The van der Waals surface area contributed by atoms with Gasteiger partial charge in [0.15, 0.2) is 0 Å². The molecule has 2 N–H and O–H groups in total. The first-order chi connectivity index (χ1) is 9.61. The molecule has 0 fully saturated rings. The van der Waals surface area contributed by atoms with Crippen molar-refractivity contribution >= 4 is 12.1 Å². The zero-order valence-corrected chi connectivity index (χ0v) is 11.0. The van der Waals surface area contributed by atoms with Crippen molar-refractivity contribution in [1.29, 1.82) is 0 Å². The van der Waals surface area contributed by atoms with Gasteiger partial charge in [-0.1, -0.05) is 12.7 Å². The lowest BCUT2D eigenvalue weighted by atomic mass is 9.98. The van der Waals surface area contributed by atoms with E-state index in [1.165, 1.54) is 12.3 Å². The average molecular weight is 279 g/mol. The summed E-state index contributed by atoms with van der Waals surface area (Å²) in [5, 5.41) is 11.7. The van der Waals surface area contributed by atoms with Crippen LogP contribution in [0.1, 0.15) is 22.7 Å². The summed E-state index contributed by atoms with van der Waals surface area (Å²) in [6.07, 6.45) is 3.86. The highest BCUT2D eigenvalue weighted by Gasteiger charge is 2.24. The third kappa shape index (κ3) is 3.17. The molecular formula is C13H17N3O4. The maximum absolute atomic E-state index is 11.3. The van der Waals surface area contributed by atoms with Gasteiger partial charge in [0.1, 0.15) is 18.1 Å². The van der Waals surface area contributed by atoms with Gasteiger partial charge in [-0.15, -0.1) is 0 Å². The number of aromatic carboxylic acids is 1. The number of carboxylic acids is 1. The van der Waals surface area contributed by atoms with Gasteiger partial charge in [-0.25, -0.2) is 14.6 Å². The minimum absolute atomic E-state index is 0.183. The van der Waals surface area contributed by atoms with Crippen molar-refractivity contribution in [2.24, 2.45) is 5.92 Å². The molecule has 1 aliphatic heterocycles. The second-order valence-corrected chi connectivity index (χ2v) is 4.64. The van der Waals surface area contributed by atoms with Crippen LogP contribution in [-0.2, 0) is 17.7 Å². The molecule has 1 aromatic heterocycles. The van der Waals surface area contributed by atoms with Gasteiger partial charge < -0.3 is 19.7 Å². The molecule has 1 aliphatic rings. The fourth-order valence-electron chi connectivity index (χ4n) is 2.26. The summed E-state index contributed by atoms with van der Waals surface area (Å²) in [5.41, 5.74) is 0.219. The van der Waals surface area contributed by atoms with Crippen LogP contribution >= 0.6 is 0 Å². The van der Waals surface area contributed by atoms with E-state index in [1.54, 1.807) is 4.57 Å². The van der Waals surface area contributed by atoms with E-state index in [0.29, 0.717) is 19.5 Å². The lowest BCUT2D eigenvalue weighted by Crippen LogP contribution is -2.34. The molecule has 0 spiro atoms. The molecule has 1 aromatic rings. The van der Waals surface area contributed by atoms with Crippen molar-refractivity contribution < 1.29 is 19.4 Å². The number of fused-ring (bicyclic) bond motifs is 1. The predicted molar refractivity (Wildman–Crippen MR) is 70.5 cm³/mol. The predicted octanol–water partition coefficient (Wildman–Crippen LogP) is 1.06. The highest BCUT2D eigenvalue weighted by Crippen LogP contribution is 2.21. The lowest BCUT2D eigenvalue weighted by molar-refractivity contribution is 0.0683. The molecule has 7 nitrogen and oxygen atoms in total. The number of alkyl carbamates (subject to hydrolysis) is 1. The van der Waals surface area contributed by atoms with Crippen LogP contribution in [-0.4, -0.2) is 39.9 Å². The topological polar surface area (TPSA) is 93.5 Å². The van der Waals surface area contributed by atoms with Crippen LogP contribution in [0.2, 0.25) is 0 Å². The van der Waals surface area contributed by atoms with E-state index >= 15 is 0 Å². The molecule has 108 valence electrons. The number of amides is 1. The van der Waals surface area contributed by atoms with Gasteiger partial charge in [-0.3, -0.25) is 0 Å². The van der Waals surface area contributed by atoms with E-state index < -0.39 is 12.1 Å². The third-order valence-electron chi connectivity index (χ3n) is 3.26. The second-order valence-electron chi connectivity index (χ2n) is 4.64. The molecule has 0 saturated carbocycles. The summed E-state index contributed by atoms with van der Waals surface area (Å²) < 4.78 is 6.54.